The van der Waals surface area contributed by atoms with E-state index in [0.29, 0.717) is 5.56 Å². The number of amides is 1. The average molecular weight is 302 g/mol. The molecule has 0 heterocycles. The van der Waals surface area contributed by atoms with Crippen LogP contribution in [0.1, 0.15) is 24.1 Å². The number of carbonyl (C=O) groups is 1. The van der Waals surface area contributed by atoms with Gasteiger partial charge in [0.1, 0.15) is 5.82 Å². The summed E-state index contributed by atoms with van der Waals surface area (Å²) < 4.78 is 12.9. The number of rotatable bonds is 5. The molecule has 0 aliphatic rings. The summed E-state index contributed by atoms with van der Waals surface area (Å²) in [7, 11) is 0. The van der Waals surface area contributed by atoms with E-state index in [0.717, 1.165) is 5.56 Å². The second-order valence-electron chi connectivity index (χ2n) is 4.90. The van der Waals surface area contributed by atoms with Crippen LogP contribution in [0.3, 0.4) is 0 Å². The summed E-state index contributed by atoms with van der Waals surface area (Å²) in [5.41, 5.74) is 1.04. The molecule has 5 nitrogen and oxygen atoms in total. The van der Waals surface area contributed by atoms with Crippen LogP contribution >= 0.6 is 0 Å². The van der Waals surface area contributed by atoms with Crippen LogP contribution in [0.15, 0.2) is 48.5 Å². The molecular weight excluding hydrogens is 287 g/mol. The van der Waals surface area contributed by atoms with Gasteiger partial charge in [-0.25, -0.2) is 4.39 Å². The summed E-state index contributed by atoms with van der Waals surface area (Å²) in [5, 5.41) is 13.7. The van der Waals surface area contributed by atoms with Crippen LogP contribution in [0.5, 0.6) is 0 Å². The topological polar surface area (TPSA) is 72.2 Å². The van der Waals surface area contributed by atoms with Gasteiger partial charge in [0, 0.05) is 11.6 Å². The number of hydrogen-bond donors (Lipinski definition) is 1. The molecule has 0 aliphatic heterocycles. The maximum Gasteiger partial charge on any atom is 0.273 e. The monoisotopic (exact) mass is 302 g/mol. The fourth-order valence-corrected chi connectivity index (χ4v) is 2.14. The van der Waals surface area contributed by atoms with Gasteiger partial charge in [0.2, 0.25) is 5.91 Å². The molecule has 2 aromatic carbocycles. The van der Waals surface area contributed by atoms with E-state index in [1.54, 1.807) is 37.3 Å². The second-order valence-corrected chi connectivity index (χ2v) is 4.90. The van der Waals surface area contributed by atoms with Crippen LogP contribution in [0.4, 0.5) is 10.1 Å². The normalized spacial score (nSPS) is 11.7. The van der Waals surface area contributed by atoms with Gasteiger partial charge in [-0.3, -0.25) is 14.9 Å². The van der Waals surface area contributed by atoms with E-state index in [-0.39, 0.29) is 29.9 Å². The number of halogens is 1. The molecule has 1 atom stereocenters. The van der Waals surface area contributed by atoms with Gasteiger partial charge in [0.15, 0.2) is 0 Å². The van der Waals surface area contributed by atoms with E-state index in [9.17, 15) is 19.3 Å². The van der Waals surface area contributed by atoms with Crippen molar-refractivity contribution in [2.24, 2.45) is 0 Å². The molecule has 0 aromatic heterocycles. The highest BCUT2D eigenvalue weighted by molar-refractivity contribution is 5.80. The fourth-order valence-electron chi connectivity index (χ4n) is 2.14. The van der Waals surface area contributed by atoms with Gasteiger partial charge in [-0.2, -0.15) is 0 Å². The molecule has 0 aliphatic carbocycles. The number of hydrogen-bond acceptors (Lipinski definition) is 3. The van der Waals surface area contributed by atoms with Crippen LogP contribution in [-0.4, -0.2) is 10.8 Å². The van der Waals surface area contributed by atoms with Crippen LogP contribution in [0.25, 0.3) is 0 Å². The Morgan fingerprint density at radius 3 is 2.50 bits per heavy atom. The molecule has 0 saturated carbocycles. The first-order valence-corrected chi connectivity index (χ1v) is 6.74. The largest absolute Gasteiger partial charge is 0.349 e. The zero-order chi connectivity index (χ0) is 16.1. The minimum absolute atomic E-state index is 0.0768. The van der Waals surface area contributed by atoms with Crippen molar-refractivity contribution >= 4 is 11.6 Å². The lowest BCUT2D eigenvalue weighted by Gasteiger charge is -2.14. The van der Waals surface area contributed by atoms with Gasteiger partial charge in [-0.1, -0.05) is 30.3 Å². The predicted octanol–water partition coefficient (Wildman–Crippen LogP) is 3.15. The Labute approximate surface area is 126 Å². The second kappa shape index (κ2) is 6.80. The number of para-hydroxylation sites is 1. The third kappa shape index (κ3) is 3.88. The standard InChI is InChI=1S/C16H15FN2O3/c1-11(12-6-8-14(17)9-7-12)18-16(20)10-13-4-2-3-5-15(13)19(21)22/h2-9,11H,10H2,1H3,(H,18,20). The van der Waals surface area contributed by atoms with Crippen molar-refractivity contribution < 1.29 is 14.1 Å². The number of carbonyl (C=O) groups excluding carboxylic acids is 1. The molecule has 2 aromatic rings. The molecule has 1 N–H and O–H groups in total. The lowest BCUT2D eigenvalue weighted by atomic mass is 10.1. The predicted molar refractivity (Wildman–Crippen MR) is 79.8 cm³/mol. The molecule has 2 rings (SSSR count). The molecule has 0 radical (unpaired) electrons. The van der Waals surface area contributed by atoms with Crippen molar-refractivity contribution in [2.75, 3.05) is 0 Å². The van der Waals surface area contributed by atoms with E-state index < -0.39 is 4.92 Å². The quantitative estimate of drug-likeness (QED) is 0.681. The third-order valence-electron chi connectivity index (χ3n) is 3.29. The summed E-state index contributed by atoms with van der Waals surface area (Å²) in [6.45, 7) is 1.77. The highest BCUT2D eigenvalue weighted by Gasteiger charge is 2.17. The van der Waals surface area contributed by atoms with E-state index in [2.05, 4.69) is 5.32 Å². The average Bonchev–Trinajstić information content (AvgIpc) is 2.48. The van der Waals surface area contributed by atoms with E-state index in [4.69, 9.17) is 0 Å². The molecule has 0 fully saturated rings. The Bertz CT molecular complexity index is 686. The lowest BCUT2D eigenvalue weighted by Crippen LogP contribution is -2.28. The van der Waals surface area contributed by atoms with Gasteiger partial charge < -0.3 is 5.32 Å². The van der Waals surface area contributed by atoms with Crippen molar-refractivity contribution in [3.8, 4) is 0 Å². The first kappa shape index (κ1) is 15.6. The molecule has 1 unspecified atom stereocenters. The number of nitro groups is 1. The molecule has 0 spiro atoms. The van der Waals surface area contributed by atoms with Gasteiger partial charge in [-0.15, -0.1) is 0 Å². The Kier molecular flexibility index (Phi) is 4.83. The van der Waals surface area contributed by atoms with Crippen molar-refractivity contribution in [1.82, 2.24) is 5.32 Å². The fraction of sp³-hybridized carbons (Fsp3) is 0.188. The Balaban J connectivity index is 2.04. The highest BCUT2D eigenvalue weighted by Crippen LogP contribution is 2.19. The minimum Gasteiger partial charge on any atom is -0.349 e. The van der Waals surface area contributed by atoms with Crippen LogP contribution in [-0.2, 0) is 11.2 Å². The van der Waals surface area contributed by atoms with Gasteiger partial charge >= 0.3 is 0 Å². The van der Waals surface area contributed by atoms with Crippen molar-refractivity contribution in [1.29, 1.82) is 0 Å². The van der Waals surface area contributed by atoms with Crippen molar-refractivity contribution in [3.05, 3.63) is 75.6 Å². The number of nitro benzene ring substituents is 1. The summed E-state index contributed by atoms with van der Waals surface area (Å²) in [6, 6.07) is 11.6. The van der Waals surface area contributed by atoms with Crippen LogP contribution in [0.2, 0.25) is 0 Å². The molecule has 0 saturated heterocycles. The van der Waals surface area contributed by atoms with E-state index in [1.807, 2.05) is 0 Å². The zero-order valence-electron chi connectivity index (χ0n) is 12.0. The van der Waals surface area contributed by atoms with E-state index >= 15 is 0 Å². The summed E-state index contributed by atoms with van der Waals surface area (Å²) in [4.78, 5) is 22.4. The molecule has 6 heteroatoms. The third-order valence-corrected chi connectivity index (χ3v) is 3.29. The van der Waals surface area contributed by atoms with Gasteiger partial charge in [0.25, 0.3) is 5.69 Å². The molecular formula is C16H15FN2O3. The van der Waals surface area contributed by atoms with Crippen LogP contribution < -0.4 is 5.32 Å². The van der Waals surface area contributed by atoms with Gasteiger partial charge in [0.05, 0.1) is 17.4 Å². The van der Waals surface area contributed by atoms with E-state index in [1.165, 1.54) is 18.2 Å². The lowest BCUT2D eigenvalue weighted by molar-refractivity contribution is -0.385. The summed E-state index contributed by atoms with van der Waals surface area (Å²) in [5.74, 6) is -0.673. The molecule has 0 bridgehead atoms. The minimum atomic E-state index is -0.508. The Morgan fingerprint density at radius 2 is 1.86 bits per heavy atom. The number of nitrogens with zero attached hydrogens (tertiary/aromatic N) is 1. The molecule has 22 heavy (non-hydrogen) atoms. The SMILES string of the molecule is CC(NC(=O)Cc1ccccc1[N+](=O)[O-])c1ccc(F)cc1. The Hall–Kier alpha value is -2.76. The maximum absolute atomic E-state index is 12.9. The molecule has 1 amide bonds. The Morgan fingerprint density at radius 1 is 1.23 bits per heavy atom. The van der Waals surface area contributed by atoms with Gasteiger partial charge in [-0.05, 0) is 24.6 Å². The van der Waals surface area contributed by atoms with Crippen LogP contribution in [0, 0.1) is 15.9 Å². The van der Waals surface area contributed by atoms with Crippen molar-refractivity contribution in [2.45, 2.75) is 19.4 Å². The first-order chi connectivity index (χ1) is 10.5. The summed E-state index contributed by atoms with van der Waals surface area (Å²) >= 11 is 0. The summed E-state index contributed by atoms with van der Waals surface area (Å²) in [6.07, 6.45) is -0.0807. The maximum atomic E-state index is 12.9. The highest BCUT2D eigenvalue weighted by atomic mass is 19.1. The molecule has 114 valence electrons. The van der Waals surface area contributed by atoms with Crippen molar-refractivity contribution in [3.63, 3.8) is 0 Å². The number of nitrogens with one attached hydrogen (secondary N) is 1. The first-order valence-electron chi connectivity index (χ1n) is 6.74. The number of benzene rings is 2. The zero-order valence-corrected chi connectivity index (χ0v) is 12.0. The smallest absolute Gasteiger partial charge is 0.273 e.